The molecular weight excluding hydrogens is 168 g/mol. The summed E-state index contributed by atoms with van der Waals surface area (Å²) in [5, 5.41) is 0. The van der Waals surface area contributed by atoms with Gasteiger partial charge in [0.05, 0.1) is 0 Å². The molecule has 0 fully saturated rings. The Hall–Kier alpha value is -0.260. The van der Waals surface area contributed by atoms with Gasteiger partial charge in [0.2, 0.25) is 0 Å². The first-order chi connectivity index (χ1) is 6.63. The predicted octanol–water partition coefficient (Wildman–Crippen LogP) is 5.05. The van der Waals surface area contributed by atoms with Crippen LogP contribution in [0, 0.1) is 17.8 Å². The van der Waals surface area contributed by atoms with Crippen LogP contribution in [-0.4, -0.2) is 0 Å². The first-order valence-electron chi connectivity index (χ1n) is 6.28. The fourth-order valence-corrected chi connectivity index (χ4v) is 1.85. The maximum Gasteiger partial charge on any atom is -0.0320 e. The summed E-state index contributed by atoms with van der Waals surface area (Å²) in [5.41, 5.74) is 0. The minimum Gasteiger partial charge on any atom is -0.0885 e. The highest BCUT2D eigenvalue weighted by atomic mass is 14.2. The van der Waals surface area contributed by atoms with Crippen LogP contribution in [0.25, 0.3) is 0 Å². The van der Waals surface area contributed by atoms with Crippen molar-refractivity contribution in [2.24, 2.45) is 17.8 Å². The van der Waals surface area contributed by atoms with Gasteiger partial charge in [0.15, 0.2) is 0 Å². The molecule has 0 radical (unpaired) electrons. The van der Waals surface area contributed by atoms with Gasteiger partial charge in [-0.25, -0.2) is 0 Å². The number of hydrogen-bond acceptors (Lipinski definition) is 0. The molecule has 2 unspecified atom stereocenters. The SMILES string of the molecule is CCCC=CCC(CC)C(C)C(C)C. The van der Waals surface area contributed by atoms with Crippen molar-refractivity contribution in [3.63, 3.8) is 0 Å². The summed E-state index contributed by atoms with van der Waals surface area (Å²) in [5.74, 6) is 2.55. The minimum atomic E-state index is 0.819. The third-order valence-corrected chi connectivity index (χ3v) is 3.38. The summed E-state index contributed by atoms with van der Waals surface area (Å²) in [6.07, 6.45) is 9.83. The molecule has 0 N–H and O–H groups in total. The number of rotatable bonds is 7. The van der Waals surface area contributed by atoms with Crippen LogP contribution in [0.3, 0.4) is 0 Å². The van der Waals surface area contributed by atoms with Gasteiger partial charge in [0.25, 0.3) is 0 Å². The molecule has 0 amide bonds. The van der Waals surface area contributed by atoms with Crippen LogP contribution < -0.4 is 0 Å². The molecule has 84 valence electrons. The molecule has 0 heterocycles. The van der Waals surface area contributed by atoms with Gasteiger partial charge in [-0.05, 0) is 30.6 Å². The quantitative estimate of drug-likeness (QED) is 0.500. The summed E-state index contributed by atoms with van der Waals surface area (Å²) in [7, 11) is 0. The highest BCUT2D eigenvalue weighted by Crippen LogP contribution is 2.26. The molecule has 0 aromatic heterocycles. The van der Waals surface area contributed by atoms with E-state index >= 15 is 0 Å². The lowest BCUT2D eigenvalue weighted by molar-refractivity contribution is 0.271. The van der Waals surface area contributed by atoms with Gasteiger partial charge in [0, 0.05) is 0 Å². The lowest BCUT2D eigenvalue weighted by atomic mass is 9.81. The normalized spacial score (nSPS) is 16.4. The first kappa shape index (κ1) is 13.7. The molecule has 0 bridgehead atoms. The van der Waals surface area contributed by atoms with E-state index in [1.165, 1.54) is 25.7 Å². The van der Waals surface area contributed by atoms with E-state index in [4.69, 9.17) is 0 Å². The zero-order valence-electron chi connectivity index (χ0n) is 10.7. The van der Waals surface area contributed by atoms with Crippen molar-refractivity contribution in [3.8, 4) is 0 Å². The van der Waals surface area contributed by atoms with Crippen molar-refractivity contribution in [1.29, 1.82) is 0 Å². The molecule has 0 heteroatoms. The van der Waals surface area contributed by atoms with Crippen LogP contribution in [-0.2, 0) is 0 Å². The Balaban J connectivity index is 3.90. The monoisotopic (exact) mass is 196 g/mol. The lowest BCUT2D eigenvalue weighted by Crippen LogP contribution is -2.15. The summed E-state index contributed by atoms with van der Waals surface area (Å²) in [4.78, 5) is 0. The van der Waals surface area contributed by atoms with Gasteiger partial charge < -0.3 is 0 Å². The van der Waals surface area contributed by atoms with Crippen LogP contribution >= 0.6 is 0 Å². The molecule has 0 saturated carbocycles. The molecule has 0 aliphatic carbocycles. The second-order valence-electron chi connectivity index (χ2n) is 4.77. The maximum atomic E-state index is 2.40. The second-order valence-corrected chi connectivity index (χ2v) is 4.77. The average Bonchev–Trinajstić information content (AvgIpc) is 2.17. The van der Waals surface area contributed by atoms with Crippen LogP contribution in [0.4, 0.5) is 0 Å². The van der Waals surface area contributed by atoms with Gasteiger partial charge in [-0.3, -0.25) is 0 Å². The van der Waals surface area contributed by atoms with Gasteiger partial charge >= 0.3 is 0 Å². The predicted molar refractivity (Wildman–Crippen MR) is 66.4 cm³/mol. The molecule has 0 nitrogen and oxygen atoms in total. The molecular formula is C14H28. The van der Waals surface area contributed by atoms with E-state index in [1.54, 1.807) is 0 Å². The smallest absolute Gasteiger partial charge is 0.0320 e. The van der Waals surface area contributed by atoms with Crippen LogP contribution in [0.5, 0.6) is 0 Å². The van der Waals surface area contributed by atoms with Crippen molar-refractivity contribution >= 4 is 0 Å². The van der Waals surface area contributed by atoms with Crippen LogP contribution in [0.15, 0.2) is 12.2 Å². The van der Waals surface area contributed by atoms with E-state index in [1.807, 2.05) is 0 Å². The molecule has 0 saturated heterocycles. The Labute approximate surface area is 90.8 Å². The van der Waals surface area contributed by atoms with Crippen LogP contribution in [0.2, 0.25) is 0 Å². The Morgan fingerprint density at radius 1 is 1.00 bits per heavy atom. The number of unbranched alkanes of at least 4 members (excludes halogenated alkanes) is 1. The molecule has 0 rings (SSSR count). The van der Waals surface area contributed by atoms with Gasteiger partial charge in [-0.15, -0.1) is 0 Å². The van der Waals surface area contributed by atoms with Crippen molar-refractivity contribution in [2.45, 2.75) is 60.3 Å². The van der Waals surface area contributed by atoms with E-state index in [0.29, 0.717) is 0 Å². The van der Waals surface area contributed by atoms with Gasteiger partial charge in [-0.2, -0.15) is 0 Å². The topological polar surface area (TPSA) is 0 Å². The third-order valence-electron chi connectivity index (χ3n) is 3.38. The molecule has 0 aliphatic rings. The Kier molecular flexibility index (Phi) is 7.93. The lowest BCUT2D eigenvalue weighted by Gasteiger charge is -2.24. The van der Waals surface area contributed by atoms with Crippen LogP contribution in [0.1, 0.15) is 60.3 Å². The Bertz CT molecular complexity index is 144. The van der Waals surface area contributed by atoms with E-state index in [2.05, 4.69) is 46.8 Å². The third kappa shape index (κ3) is 5.47. The minimum absolute atomic E-state index is 0.819. The van der Waals surface area contributed by atoms with E-state index < -0.39 is 0 Å². The fraction of sp³-hybridized carbons (Fsp3) is 0.857. The van der Waals surface area contributed by atoms with E-state index in [-0.39, 0.29) is 0 Å². The van der Waals surface area contributed by atoms with E-state index in [0.717, 1.165) is 17.8 Å². The largest absolute Gasteiger partial charge is 0.0885 e. The summed E-state index contributed by atoms with van der Waals surface area (Å²) >= 11 is 0. The molecule has 0 aromatic carbocycles. The molecule has 14 heavy (non-hydrogen) atoms. The summed E-state index contributed by atoms with van der Waals surface area (Å²) < 4.78 is 0. The van der Waals surface area contributed by atoms with Crippen molar-refractivity contribution in [2.75, 3.05) is 0 Å². The van der Waals surface area contributed by atoms with Crippen molar-refractivity contribution in [1.82, 2.24) is 0 Å². The average molecular weight is 196 g/mol. The standard InChI is InChI=1S/C14H28/c1-6-8-9-10-11-14(7-2)13(5)12(3)4/h9-10,12-14H,6-8,11H2,1-5H3. The molecule has 0 aliphatic heterocycles. The highest BCUT2D eigenvalue weighted by Gasteiger charge is 2.16. The van der Waals surface area contributed by atoms with E-state index in [9.17, 15) is 0 Å². The van der Waals surface area contributed by atoms with Gasteiger partial charge in [-0.1, -0.05) is 59.6 Å². The fourth-order valence-electron chi connectivity index (χ4n) is 1.85. The Morgan fingerprint density at radius 2 is 1.64 bits per heavy atom. The zero-order valence-corrected chi connectivity index (χ0v) is 10.7. The van der Waals surface area contributed by atoms with Gasteiger partial charge in [0.1, 0.15) is 0 Å². The second kappa shape index (κ2) is 8.08. The first-order valence-corrected chi connectivity index (χ1v) is 6.28. The Morgan fingerprint density at radius 3 is 2.07 bits per heavy atom. The molecule has 2 atom stereocenters. The summed E-state index contributed by atoms with van der Waals surface area (Å²) in [6, 6.07) is 0. The molecule has 0 aromatic rings. The molecule has 0 spiro atoms. The maximum absolute atomic E-state index is 2.40. The van der Waals surface area contributed by atoms with Crippen molar-refractivity contribution < 1.29 is 0 Å². The summed E-state index contributed by atoms with van der Waals surface area (Å²) in [6.45, 7) is 11.6. The number of allylic oxidation sites excluding steroid dienone is 2. The highest BCUT2D eigenvalue weighted by molar-refractivity contribution is 4.85. The zero-order chi connectivity index (χ0) is 11.0. The number of hydrogen-bond donors (Lipinski definition) is 0. The van der Waals surface area contributed by atoms with Crippen molar-refractivity contribution in [3.05, 3.63) is 12.2 Å².